The number of nitrogens with one attached hydrogen (secondary N) is 1. The van der Waals surface area contributed by atoms with Crippen LogP contribution in [0.4, 0.5) is 10.7 Å². The molecule has 0 saturated heterocycles. The monoisotopic (exact) mass is 492 g/mol. The molecule has 0 bridgehead atoms. The number of amides is 2. The topological polar surface area (TPSA) is 84.9 Å². The standard InChI is InChI=1S/C27H28N2O5S/c1-3-33-27(32)24-21-11-7-8-12-22(21)35-25(24)28-23(30)17-34-20-15-13-19(14-16-20)29(2)26(31)18-9-5-4-6-10-18/h4-6,9-10,13-16H,3,7-8,11-12,17H2,1-2H3,(H,28,30). The Kier molecular flexibility index (Phi) is 7.82. The normalized spacial score (nSPS) is 12.4. The maximum Gasteiger partial charge on any atom is 0.341 e. The number of nitrogens with zero attached hydrogens (tertiary/aromatic N) is 1. The van der Waals surface area contributed by atoms with E-state index in [1.165, 1.54) is 11.3 Å². The number of hydrogen-bond donors (Lipinski definition) is 1. The Morgan fingerprint density at radius 3 is 2.43 bits per heavy atom. The quantitative estimate of drug-likeness (QED) is 0.443. The highest BCUT2D eigenvalue weighted by molar-refractivity contribution is 7.17. The molecule has 0 aliphatic heterocycles. The molecule has 0 unspecified atom stereocenters. The Bertz CT molecular complexity index is 1200. The van der Waals surface area contributed by atoms with Crippen LogP contribution in [0, 0.1) is 0 Å². The third kappa shape index (κ3) is 5.71. The van der Waals surface area contributed by atoms with Crippen LogP contribution in [0.3, 0.4) is 0 Å². The third-order valence-electron chi connectivity index (χ3n) is 5.82. The first-order valence-electron chi connectivity index (χ1n) is 11.7. The van der Waals surface area contributed by atoms with Crippen LogP contribution in [0.1, 0.15) is 50.9 Å². The molecule has 1 heterocycles. The summed E-state index contributed by atoms with van der Waals surface area (Å²) in [6.07, 6.45) is 3.83. The van der Waals surface area contributed by atoms with Crippen LogP contribution in [0.5, 0.6) is 5.75 Å². The van der Waals surface area contributed by atoms with Gasteiger partial charge in [-0.05, 0) is 74.6 Å². The average molecular weight is 493 g/mol. The van der Waals surface area contributed by atoms with Crippen molar-refractivity contribution in [2.45, 2.75) is 32.6 Å². The van der Waals surface area contributed by atoms with E-state index in [4.69, 9.17) is 9.47 Å². The zero-order valence-electron chi connectivity index (χ0n) is 19.8. The smallest absolute Gasteiger partial charge is 0.341 e. The molecule has 0 atom stereocenters. The van der Waals surface area contributed by atoms with Crippen LogP contribution in [0.15, 0.2) is 54.6 Å². The van der Waals surface area contributed by atoms with Crippen molar-refractivity contribution in [1.29, 1.82) is 0 Å². The fourth-order valence-electron chi connectivity index (χ4n) is 4.04. The molecule has 3 aromatic rings. The Balaban J connectivity index is 1.37. The molecule has 1 N–H and O–H groups in total. The van der Waals surface area contributed by atoms with Crippen molar-refractivity contribution in [2.75, 3.05) is 30.5 Å². The minimum atomic E-state index is -0.395. The molecule has 1 aliphatic carbocycles. The summed E-state index contributed by atoms with van der Waals surface area (Å²) >= 11 is 1.45. The highest BCUT2D eigenvalue weighted by Gasteiger charge is 2.27. The van der Waals surface area contributed by atoms with Gasteiger partial charge in [-0.1, -0.05) is 18.2 Å². The summed E-state index contributed by atoms with van der Waals surface area (Å²) in [6, 6.07) is 16.0. The highest BCUT2D eigenvalue weighted by Crippen LogP contribution is 2.38. The van der Waals surface area contributed by atoms with E-state index in [1.807, 2.05) is 18.2 Å². The number of benzene rings is 2. The van der Waals surface area contributed by atoms with E-state index in [9.17, 15) is 14.4 Å². The first-order valence-corrected chi connectivity index (χ1v) is 12.5. The summed E-state index contributed by atoms with van der Waals surface area (Å²) in [5.74, 6) is -0.363. The summed E-state index contributed by atoms with van der Waals surface area (Å²) in [5, 5.41) is 3.37. The Labute approximate surface area is 208 Å². The lowest BCUT2D eigenvalue weighted by Gasteiger charge is -2.18. The number of esters is 1. The summed E-state index contributed by atoms with van der Waals surface area (Å²) < 4.78 is 10.9. The fraction of sp³-hybridized carbons (Fsp3) is 0.296. The summed E-state index contributed by atoms with van der Waals surface area (Å²) in [7, 11) is 1.71. The number of aryl methyl sites for hydroxylation is 1. The number of ether oxygens (including phenoxy) is 2. The first kappa shape index (κ1) is 24.5. The molecule has 2 aromatic carbocycles. The van der Waals surface area contributed by atoms with E-state index in [2.05, 4.69) is 5.32 Å². The second-order valence-electron chi connectivity index (χ2n) is 8.20. The second-order valence-corrected chi connectivity index (χ2v) is 9.30. The molecule has 0 fully saturated rings. The number of thiophene rings is 1. The average Bonchev–Trinajstić information content (AvgIpc) is 3.25. The zero-order valence-corrected chi connectivity index (χ0v) is 20.7. The number of hydrogen-bond acceptors (Lipinski definition) is 6. The predicted octanol–water partition coefficient (Wildman–Crippen LogP) is 5.10. The number of carbonyl (C=O) groups is 3. The van der Waals surface area contributed by atoms with Gasteiger partial charge in [0.05, 0.1) is 12.2 Å². The lowest BCUT2D eigenvalue weighted by Crippen LogP contribution is -2.26. The Morgan fingerprint density at radius 1 is 1.00 bits per heavy atom. The molecule has 0 radical (unpaired) electrons. The predicted molar refractivity (Wildman–Crippen MR) is 137 cm³/mol. The van der Waals surface area contributed by atoms with E-state index >= 15 is 0 Å². The molecule has 7 nitrogen and oxygen atoms in total. The van der Waals surface area contributed by atoms with Crippen molar-refractivity contribution in [2.24, 2.45) is 0 Å². The van der Waals surface area contributed by atoms with E-state index in [0.717, 1.165) is 36.1 Å². The third-order valence-corrected chi connectivity index (χ3v) is 7.03. The van der Waals surface area contributed by atoms with Crippen LogP contribution in [0.25, 0.3) is 0 Å². The number of rotatable bonds is 8. The minimum absolute atomic E-state index is 0.116. The van der Waals surface area contributed by atoms with Gasteiger partial charge in [-0.2, -0.15) is 0 Å². The minimum Gasteiger partial charge on any atom is -0.484 e. The molecular formula is C27H28N2O5S. The van der Waals surface area contributed by atoms with E-state index in [0.29, 0.717) is 27.6 Å². The van der Waals surface area contributed by atoms with Crippen molar-refractivity contribution >= 4 is 39.8 Å². The van der Waals surface area contributed by atoms with Crippen LogP contribution in [-0.4, -0.2) is 38.0 Å². The van der Waals surface area contributed by atoms with Crippen molar-refractivity contribution in [3.8, 4) is 5.75 Å². The number of fused-ring (bicyclic) bond motifs is 1. The molecular weight excluding hydrogens is 464 g/mol. The Morgan fingerprint density at radius 2 is 1.71 bits per heavy atom. The molecule has 4 rings (SSSR count). The second kappa shape index (κ2) is 11.2. The molecule has 1 aromatic heterocycles. The molecule has 2 amide bonds. The largest absolute Gasteiger partial charge is 0.484 e. The van der Waals surface area contributed by atoms with Gasteiger partial charge in [0.1, 0.15) is 10.8 Å². The van der Waals surface area contributed by atoms with Crippen molar-refractivity contribution in [1.82, 2.24) is 0 Å². The molecule has 8 heteroatoms. The molecule has 182 valence electrons. The van der Waals surface area contributed by atoms with E-state index < -0.39 is 5.97 Å². The van der Waals surface area contributed by atoms with Crippen LogP contribution >= 0.6 is 11.3 Å². The van der Waals surface area contributed by atoms with Crippen LogP contribution in [0.2, 0.25) is 0 Å². The summed E-state index contributed by atoms with van der Waals surface area (Å²) in [6.45, 7) is 1.84. The van der Waals surface area contributed by atoms with Gasteiger partial charge in [-0.3, -0.25) is 9.59 Å². The van der Waals surface area contributed by atoms with Gasteiger partial charge < -0.3 is 19.7 Å². The van der Waals surface area contributed by atoms with Crippen LogP contribution < -0.4 is 15.0 Å². The Hall–Kier alpha value is -3.65. The highest BCUT2D eigenvalue weighted by atomic mass is 32.1. The van der Waals surface area contributed by atoms with Gasteiger partial charge in [0, 0.05) is 23.2 Å². The first-order chi connectivity index (χ1) is 17.0. The van der Waals surface area contributed by atoms with Crippen LogP contribution in [-0.2, 0) is 22.4 Å². The van der Waals surface area contributed by atoms with Gasteiger partial charge in [-0.15, -0.1) is 11.3 Å². The lowest BCUT2D eigenvalue weighted by molar-refractivity contribution is -0.118. The number of carbonyl (C=O) groups excluding carboxylic acids is 3. The van der Waals surface area contributed by atoms with Gasteiger partial charge in [0.15, 0.2) is 6.61 Å². The van der Waals surface area contributed by atoms with Gasteiger partial charge in [0.25, 0.3) is 11.8 Å². The summed E-state index contributed by atoms with van der Waals surface area (Å²) in [4.78, 5) is 40.5. The molecule has 0 saturated carbocycles. The number of anilines is 2. The molecule has 35 heavy (non-hydrogen) atoms. The maximum atomic E-state index is 12.6. The van der Waals surface area contributed by atoms with Crippen molar-refractivity contribution < 1.29 is 23.9 Å². The van der Waals surface area contributed by atoms with Crippen molar-refractivity contribution in [3.05, 3.63) is 76.2 Å². The van der Waals surface area contributed by atoms with Gasteiger partial charge in [-0.25, -0.2) is 4.79 Å². The van der Waals surface area contributed by atoms with Crippen molar-refractivity contribution in [3.63, 3.8) is 0 Å². The van der Waals surface area contributed by atoms with Gasteiger partial charge >= 0.3 is 5.97 Å². The molecule has 0 spiro atoms. The van der Waals surface area contributed by atoms with Gasteiger partial charge in [0.2, 0.25) is 0 Å². The zero-order chi connectivity index (χ0) is 24.8. The molecule has 1 aliphatic rings. The fourth-order valence-corrected chi connectivity index (χ4v) is 5.34. The summed E-state index contributed by atoms with van der Waals surface area (Å²) in [5.41, 5.74) is 2.79. The van der Waals surface area contributed by atoms with E-state index in [1.54, 1.807) is 55.3 Å². The lowest BCUT2D eigenvalue weighted by atomic mass is 9.95. The SMILES string of the molecule is CCOC(=O)c1c(NC(=O)COc2ccc(N(C)C(=O)c3ccccc3)cc2)sc2c1CCCC2. The maximum absolute atomic E-state index is 12.6. The van der Waals surface area contributed by atoms with E-state index in [-0.39, 0.29) is 25.0 Å².